The Balaban J connectivity index is 0.000000379. The standard InChI is InChI=1S/C17H17F3N8O3.C6H10F2/c1-8-13(27-31-26-8)14(29)22-6-10-7-28-12(24-10)2-9(5-23-28)3-16(21)4-11(17(18,19)20)25-15(16)30;7-6(8)4-2-1-3-5-6/h2,5,7,11H,3-4,6,21H2,1H3,(H,22,29)(H,25,30);1-5H2. The molecule has 3 aromatic heterocycles. The summed E-state index contributed by atoms with van der Waals surface area (Å²) < 4.78 is 69.1. The summed E-state index contributed by atoms with van der Waals surface area (Å²) >= 11 is 0. The number of nitrogens with one attached hydrogen (secondary N) is 2. The highest BCUT2D eigenvalue weighted by molar-refractivity contribution is 5.92. The summed E-state index contributed by atoms with van der Waals surface area (Å²) in [6, 6.07) is -0.404. The molecule has 0 spiro atoms. The molecule has 5 rings (SSSR count). The van der Waals surface area contributed by atoms with Crippen LogP contribution in [0.1, 0.15) is 66.0 Å². The Labute approximate surface area is 218 Å². The summed E-state index contributed by atoms with van der Waals surface area (Å²) in [6.07, 6.45) is 0.379. The first-order valence-corrected chi connectivity index (χ1v) is 12.2. The van der Waals surface area contributed by atoms with Crippen LogP contribution in [0.15, 0.2) is 23.1 Å². The number of nitrogens with two attached hydrogens (primary N) is 1. The van der Waals surface area contributed by atoms with Crippen LogP contribution in [-0.2, 0) is 17.8 Å². The zero-order valence-corrected chi connectivity index (χ0v) is 20.9. The largest absolute Gasteiger partial charge is 0.408 e. The number of imidazole rings is 1. The zero-order valence-electron chi connectivity index (χ0n) is 20.9. The first kappa shape index (κ1) is 28.3. The molecule has 2 aliphatic rings. The second-order valence-corrected chi connectivity index (χ2v) is 9.80. The number of aryl methyl sites for hydroxylation is 1. The number of fused-ring (bicyclic) bond motifs is 1. The van der Waals surface area contributed by atoms with Gasteiger partial charge in [0.05, 0.1) is 24.6 Å². The van der Waals surface area contributed by atoms with E-state index in [0.29, 0.717) is 35.4 Å². The number of amides is 2. The van der Waals surface area contributed by atoms with E-state index in [4.69, 9.17) is 5.73 Å². The van der Waals surface area contributed by atoms with E-state index in [0.717, 1.165) is 6.42 Å². The molecule has 3 aromatic rings. The molecule has 2 atom stereocenters. The van der Waals surface area contributed by atoms with Crippen molar-refractivity contribution in [2.24, 2.45) is 5.73 Å². The van der Waals surface area contributed by atoms with Crippen molar-refractivity contribution in [2.45, 2.75) is 82.1 Å². The van der Waals surface area contributed by atoms with Crippen molar-refractivity contribution in [3.8, 4) is 0 Å². The predicted octanol–water partition coefficient (Wildman–Crippen LogP) is 2.63. The molecule has 0 radical (unpaired) electrons. The fourth-order valence-corrected chi connectivity index (χ4v) is 4.43. The molecular formula is C23H27F5N8O3. The normalized spacial score (nSPS) is 22.7. The van der Waals surface area contributed by atoms with Crippen molar-refractivity contribution < 1.29 is 36.2 Å². The monoisotopic (exact) mass is 558 g/mol. The lowest BCUT2D eigenvalue weighted by Crippen LogP contribution is -2.48. The molecule has 212 valence electrons. The van der Waals surface area contributed by atoms with Crippen molar-refractivity contribution in [3.05, 3.63) is 41.1 Å². The minimum Gasteiger partial charge on any atom is -0.345 e. The van der Waals surface area contributed by atoms with E-state index in [2.05, 4.69) is 30.3 Å². The molecule has 11 nitrogen and oxygen atoms in total. The van der Waals surface area contributed by atoms with Gasteiger partial charge < -0.3 is 16.4 Å². The highest BCUT2D eigenvalue weighted by Crippen LogP contribution is 2.33. The van der Waals surface area contributed by atoms with Crippen molar-refractivity contribution in [3.63, 3.8) is 0 Å². The summed E-state index contributed by atoms with van der Waals surface area (Å²) in [5, 5.41) is 15.7. The van der Waals surface area contributed by atoms with E-state index in [-0.39, 0.29) is 31.5 Å². The summed E-state index contributed by atoms with van der Waals surface area (Å²) in [7, 11) is 0. The molecule has 2 amide bonds. The van der Waals surface area contributed by atoms with Crippen LogP contribution in [0.25, 0.3) is 5.65 Å². The van der Waals surface area contributed by atoms with Gasteiger partial charge in [0.1, 0.15) is 17.3 Å². The van der Waals surface area contributed by atoms with Gasteiger partial charge in [-0.3, -0.25) is 9.59 Å². The zero-order chi connectivity index (χ0) is 28.4. The molecule has 16 heteroatoms. The van der Waals surface area contributed by atoms with Crippen LogP contribution in [0, 0.1) is 6.92 Å². The number of alkyl halides is 5. The van der Waals surface area contributed by atoms with Crippen molar-refractivity contribution in [1.82, 2.24) is 35.5 Å². The quantitative estimate of drug-likeness (QED) is 0.404. The molecule has 1 aliphatic heterocycles. The molecule has 1 saturated carbocycles. The maximum absolute atomic E-state index is 12.9. The topological polar surface area (TPSA) is 153 Å². The average molecular weight is 559 g/mol. The van der Waals surface area contributed by atoms with E-state index < -0.39 is 41.9 Å². The number of nitrogens with zero attached hydrogens (tertiary/aromatic N) is 5. The number of carbonyl (C=O) groups is 2. The third-order valence-electron chi connectivity index (χ3n) is 6.55. The van der Waals surface area contributed by atoms with Gasteiger partial charge in [-0.25, -0.2) is 22.9 Å². The minimum absolute atomic E-state index is 0.0596. The average Bonchev–Trinajstić information content (AvgIpc) is 3.54. The van der Waals surface area contributed by atoms with Gasteiger partial charge in [-0.2, -0.15) is 18.3 Å². The molecule has 39 heavy (non-hydrogen) atoms. The van der Waals surface area contributed by atoms with Crippen LogP contribution in [0.4, 0.5) is 22.0 Å². The van der Waals surface area contributed by atoms with Crippen LogP contribution in [0.5, 0.6) is 0 Å². The Bertz CT molecular complexity index is 1330. The van der Waals surface area contributed by atoms with E-state index in [1.54, 1.807) is 19.2 Å². The number of carbonyl (C=O) groups excluding carboxylic acids is 2. The van der Waals surface area contributed by atoms with Crippen LogP contribution >= 0.6 is 0 Å². The van der Waals surface area contributed by atoms with Crippen molar-refractivity contribution in [1.29, 1.82) is 0 Å². The van der Waals surface area contributed by atoms with Gasteiger partial charge in [0, 0.05) is 25.7 Å². The maximum atomic E-state index is 12.9. The summed E-state index contributed by atoms with van der Waals surface area (Å²) in [4.78, 5) is 28.5. The highest BCUT2D eigenvalue weighted by atomic mass is 19.4. The molecule has 1 saturated heterocycles. The van der Waals surface area contributed by atoms with Crippen LogP contribution in [-0.4, -0.2) is 60.4 Å². The van der Waals surface area contributed by atoms with Gasteiger partial charge >= 0.3 is 6.18 Å². The second kappa shape index (κ2) is 10.8. The second-order valence-electron chi connectivity index (χ2n) is 9.80. The Morgan fingerprint density at radius 2 is 1.97 bits per heavy atom. The van der Waals surface area contributed by atoms with Crippen molar-refractivity contribution >= 4 is 17.5 Å². The fourth-order valence-electron chi connectivity index (χ4n) is 4.43. The third kappa shape index (κ3) is 6.85. The Morgan fingerprint density at radius 1 is 1.26 bits per heavy atom. The predicted molar refractivity (Wildman–Crippen MR) is 124 cm³/mol. The maximum Gasteiger partial charge on any atom is 0.408 e. The first-order chi connectivity index (χ1) is 18.3. The lowest BCUT2D eigenvalue weighted by Gasteiger charge is -2.21. The Hall–Kier alpha value is -3.69. The van der Waals surface area contributed by atoms with Crippen LogP contribution in [0.3, 0.4) is 0 Å². The molecule has 2 fully saturated rings. The SMILES string of the molecule is Cc1nonc1C(=O)NCc1cn2ncc(CC3(N)CC(C(F)(F)F)NC3=O)cc2n1.FC1(F)CCCCC1. The van der Waals surface area contributed by atoms with E-state index in [1.165, 1.54) is 10.7 Å². The molecule has 2 unspecified atom stereocenters. The van der Waals surface area contributed by atoms with Gasteiger partial charge in [0.25, 0.3) is 5.91 Å². The number of hydrogen-bond acceptors (Lipinski definition) is 8. The number of hydrogen-bond donors (Lipinski definition) is 3. The number of rotatable bonds is 5. The summed E-state index contributed by atoms with van der Waals surface area (Å²) in [5.74, 6) is -3.67. The molecule has 0 bridgehead atoms. The van der Waals surface area contributed by atoms with Gasteiger partial charge in [0.2, 0.25) is 11.8 Å². The number of aromatic nitrogens is 5. The lowest BCUT2D eigenvalue weighted by molar-refractivity contribution is -0.155. The minimum atomic E-state index is -4.57. The first-order valence-electron chi connectivity index (χ1n) is 12.2. The highest BCUT2D eigenvalue weighted by Gasteiger charge is 2.53. The summed E-state index contributed by atoms with van der Waals surface area (Å²) in [6.45, 7) is 1.65. The molecule has 4 N–H and O–H groups in total. The smallest absolute Gasteiger partial charge is 0.345 e. The van der Waals surface area contributed by atoms with Gasteiger partial charge in [-0.1, -0.05) is 11.6 Å². The van der Waals surface area contributed by atoms with E-state index >= 15 is 0 Å². The van der Waals surface area contributed by atoms with Crippen molar-refractivity contribution in [2.75, 3.05) is 0 Å². The Morgan fingerprint density at radius 3 is 2.54 bits per heavy atom. The third-order valence-corrected chi connectivity index (χ3v) is 6.55. The molecular weight excluding hydrogens is 531 g/mol. The van der Waals surface area contributed by atoms with Crippen LogP contribution < -0.4 is 16.4 Å². The molecule has 0 aromatic carbocycles. The van der Waals surface area contributed by atoms with Gasteiger partial charge in [-0.05, 0) is 36.6 Å². The van der Waals surface area contributed by atoms with E-state index in [9.17, 15) is 31.5 Å². The number of halogens is 5. The fraction of sp³-hybridized carbons (Fsp3) is 0.565. The molecule has 4 heterocycles. The summed E-state index contributed by atoms with van der Waals surface area (Å²) in [5.41, 5.74) is 6.00. The van der Waals surface area contributed by atoms with Gasteiger partial charge in [0.15, 0.2) is 11.3 Å². The van der Waals surface area contributed by atoms with Gasteiger partial charge in [-0.15, -0.1) is 0 Å². The lowest BCUT2D eigenvalue weighted by atomic mass is 9.89. The van der Waals surface area contributed by atoms with Crippen LogP contribution in [0.2, 0.25) is 0 Å². The Kier molecular flexibility index (Phi) is 7.86. The molecule has 1 aliphatic carbocycles. The van der Waals surface area contributed by atoms with E-state index in [1.807, 2.05) is 5.32 Å².